The first kappa shape index (κ1) is 13.4. The van der Waals surface area contributed by atoms with Crippen molar-refractivity contribution in [2.24, 2.45) is 5.73 Å². The Morgan fingerprint density at radius 1 is 1.50 bits per heavy atom. The molecule has 2 N–H and O–H groups in total. The maximum atomic E-state index is 11.2. The molecule has 0 radical (unpaired) electrons. The summed E-state index contributed by atoms with van der Waals surface area (Å²) in [5, 5.41) is 0. The summed E-state index contributed by atoms with van der Waals surface area (Å²) in [5.74, 6) is -0.349. The van der Waals surface area contributed by atoms with Gasteiger partial charge < -0.3 is 19.9 Å². The van der Waals surface area contributed by atoms with Crippen molar-refractivity contribution < 1.29 is 19.0 Å². The normalized spacial score (nSPS) is 19.4. The highest BCUT2D eigenvalue weighted by Crippen LogP contribution is 2.11. The Morgan fingerprint density at radius 2 is 2.19 bits per heavy atom. The Hall–Kier alpha value is -0.650. The van der Waals surface area contributed by atoms with E-state index in [0.717, 1.165) is 26.1 Å². The minimum absolute atomic E-state index is 0.253. The average molecular weight is 231 g/mol. The average Bonchev–Trinajstić information content (AvgIpc) is 2.30. The Labute approximate surface area is 96.2 Å². The lowest BCUT2D eigenvalue weighted by Gasteiger charge is -2.22. The molecule has 1 aliphatic rings. The minimum atomic E-state index is -0.570. The maximum absolute atomic E-state index is 11.2. The first-order chi connectivity index (χ1) is 7.74. The van der Waals surface area contributed by atoms with Crippen LogP contribution in [0.2, 0.25) is 0 Å². The van der Waals surface area contributed by atoms with Gasteiger partial charge in [0.15, 0.2) is 0 Å². The lowest BCUT2D eigenvalue weighted by atomic mass is 10.1. The molecule has 1 heterocycles. The van der Waals surface area contributed by atoms with E-state index in [1.54, 1.807) is 6.92 Å². The second-order valence-electron chi connectivity index (χ2n) is 3.83. The van der Waals surface area contributed by atoms with Crippen LogP contribution >= 0.6 is 0 Å². The molecule has 5 heteroatoms. The molecule has 5 nitrogen and oxygen atoms in total. The van der Waals surface area contributed by atoms with Gasteiger partial charge in [0.25, 0.3) is 0 Å². The zero-order valence-electron chi connectivity index (χ0n) is 9.81. The van der Waals surface area contributed by atoms with E-state index in [4.69, 9.17) is 19.9 Å². The molecule has 1 atom stereocenters. The van der Waals surface area contributed by atoms with E-state index in [-0.39, 0.29) is 12.1 Å². The minimum Gasteiger partial charge on any atom is -0.465 e. The number of nitrogens with two attached hydrogens (primary N) is 1. The van der Waals surface area contributed by atoms with Crippen LogP contribution in [0.1, 0.15) is 26.2 Å². The fraction of sp³-hybridized carbons (Fsp3) is 0.909. The van der Waals surface area contributed by atoms with Crippen LogP contribution in [0.4, 0.5) is 0 Å². The summed E-state index contributed by atoms with van der Waals surface area (Å²) in [6, 6.07) is -0.570. The van der Waals surface area contributed by atoms with Gasteiger partial charge in [0.1, 0.15) is 6.04 Å². The van der Waals surface area contributed by atoms with Crippen LogP contribution in [0.5, 0.6) is 0 Å². The number of carbonyl (C=O) groups excluding carboxylic acids is 1. The molecule has 94 valence electrons. The van der Waals surface area contributed by atoms with Crippen molar-refractivity contribution in [2.45, 2.75) is 38.3 Å². The van der Waals surface area contributed by atoms with Crippen LogP contribution in [-0.4, -0.2) is 44.5 Å². The largest absolute Gasteiger partial charge is 0.465 e. The molecule has 1 rings (SSSR count). The third-order valence-corrected chi connectivity index (χ3v) is 2.54. The van der Waals surface area contributed by atoms with E-state index in [2.05, 4.69) is 0 Å². The molecular weight excluding hydrogens is 210 g/mol. The zero-order valence-corrected chi connectivity index (χ0v) is 9.81. The Morgan fingerprint density at radius 3 is 2.81 bits per heavy atom. The van der Waals surface area contributed by atoms with Crippen molar-refractivity contribution in [2.75, 3.05) is 26.4 Å². The summed E-state index contributed by atoms with van der Waals surface area (Å²) < 4.78 is 15.6. The molecule has 1 aliphatic heterocycles. The third kappa shape index (κ3) is 4.92. The number of carbonyl (C=O) groups is 1. The second-order valence-corrected chi connectivity index (χ2v) is 3.83. The molecule has 1 unspecified atom stereocenters. The number of ether oxygens (including phenoxy) is 3. The molecule has 0 aromatic heterocycles. The molecule has 1 fully saturated rings. The second kappa shape index (κ2) is 7.60. The van der Waals surface area contributed by atoms with E-state index in [0.29, 0.717) is 19.6 Å². The monoisotopic (exact) mass is 231 g/mol. The zero-order chi connectivity index (χ0) is 11.8. The molecule has 0 aromatic carbocycles. The summed E-state index contributed by atoms with van der Waals surface area (Å²) in [6.07, 6.45) is 2.61. The number of hydrogen-bond acceptors (Lipinski definition) is 5. The van der Waals surface area contributed by atoms with Gasteiger partial charge in [0, 0.05) is 19.8 Å². The van der Waals surface area contributed by atoms with E-state index in [1.807, 2.05) is 0 Å². The van der Waals surface area contributed by atoms with E-state index >= 15 is 0 Å². The van der Waals surface area contributed by atoms with Gasteiger partial charge in [-0.3, -0.25) is 4.79 Å². The van der Waals surface area contributed by atoms with Crippen molar-refractivity contribution in [1.82, 2.24) is 0 Å². The van der Waals surface area contributed by atoms with Gasteiger partial charge in [-0.2, -0.15) is 0 Å². The highest BCUT2D eigenvalue weighted by Gasteiger charge is 2.17. The Kier molecular flexibility index (Phi) is 6.37. The number of rotatable bonds is 6. The van der Waals surface area contributed by atoms with Gasteiger partial charge in [-0.15, -0.1) is 0 Å². The standard InChI is InChI=1S/C11H21NO4/c1-2-15-11(13)10(12)5-8-16-9-3-6-14-7-4-9/h9-10H,2-8,12H2,1H3. The first-order valence-corrected chi connectivity index (χ1v) is 5.85. The maximum Gasteiger partial charge on any atom is 0.322 e. The van der Waals surface area contributed by atoms with Crippen LogP contribution in [0.15, 0.2) is 0 Å². The van der Waals surface area contributed by atoms with Gasteiger partial charge >= 0.3 is 5.97 Å². The summed E-state index contributed by atoms with van der Waals surface area (Å²) in [7, 11) is 0. The molecule has 0 aromatic rings. The first-order valence-electron chi connectivity index (χ1n) is 5.85. The lowest BCUT2D eigenvalue weighted by Crippen LogP contribution is -2.34. The molecular formula is C11H21NO4. The third-order valence-electron chi connectivity index (χ3n) is 2.54. The molecule has 1 saturated heterocycles. The van der Waals surface area contributed by atoms with Crippen molar-refractivity contribution in [3.05, 3.63) is 0 Å². The van der Waals surface area contributed by atoms with Crippen LogP contribution in [0.3, 0.4) is 0 Å². The number of hydrogen-bond donors (Lipinski definition) is 1. The predicted octanol–water partition coefficient (Wildman–Crippen LogP) is 0.463. The predicted molar refractivity (Wildman–Crippen MR) is 59.0 cm³/mol. The lowest BCUT2D eigenvalue weighted by molar-refractivity contribution is -0.145. The van der Waals surface area contributed by atoms with E-state index in [9.17, 15) is 4.79 Å². The van der Waals surface area contributed by atoms with Crippen LogP contribution in [0.25, 0.3) is 0 Å². The van der Waals surface area contributed by atoms with Gasteiger partial charge in [-0.05, 0) is 26.2 Å². The summed E-state index contributed by atoms with van der Waals surface area (Å²) in [5.41, 5.74) is 5.64. The fourth-order valence-electron chi connectivity index (χ4n) is 1.57. The summed E-state index contributed by atoms with van der Waals surface area (Å²) in [6.45, 7) is 4.16. The number of esters is 1. The smallest absolute Gasteiger partial charge is 0.322 e. The van der Waals surface area contributed by atoms with Crippen LogP contribution in [-0.2, 0) is 19.0 Å². The summed E-state index contributed by atoms with van der Waals surface area (Å²) >= 11 is 0. The van der Waals surface area contributed by atoms with Crippen molar-refractivity contribution in [3.8, 4) is 0 Å². The van der Waals surface area contributed by atoms with Gasteiger partial charge in [-0.1, -0.05) is 0 Å². The van der Waals surface area contributed by atoms with Crippen LogP contribution in [0, 0.1) is 0 Å². The molecule has 0 amide bonds. The molecule has 0 bridgehead atoms. The van der Waals surface area contributed by atoms with Gasteiger partial charge in [0.2, 0.25) is 0 Å². The quantitative estimate of drug-likeness (QED) is 0.672. The van der Waals surface area contributed by atoms with E-state index < -0.39 is 6.04 Å². The fourth-order valence-corrected chi connectivity index (χ4v) is 1.57. The Balaban J connectivity index is 2.07. The molecule has 0 saturated carbocycles. The van der Waals surface area contributed by atoms with Gasteiger partial charge in [-0.25, -0.2) is 0 Å². The van der Waals surface area contributed by atoms with Gasteiger partial charge in [0.05, 0.1) is 12.7 Å². The highest BCUT2D eigenvalue weighted by molar-refractivity contribution is 5.75. The SMILES string of the molecule is CCOC(=O)C(N)CCOC1CCOCC1. The van der Waals surface area contributed by atoms with Crippen molar-refractivity contribution in [3.63, 3.8) is 0 Å². The summed E-state index contributed by atoms with van der Waals surface area (Å²) in [4.78, 5) is 11.2. The Bertz CT molecular complexity index is 204. The van der Waals surface area contributed by atoms with Crippen molar-refractivity contribution in [1.29, 1.82) is 0 Å². The highest BCUT2D eigenvalue weighted by atomic mass is 16.5. The van der Waals surface area contributed by atoms with Crippen LogP contribution < -0.4 is 5.73 Å². The molecule has 0 spiro atoms. The topological polar surface area (TPSA) is 70.8 Å². The molecule has 16 heavy (non-hydrogen) atoms. The van der Waals surface area contributed by atoms with E-state index in [1.165, 1.54) is 0 Å². The molecule has 0 aliphatic carbocycles. The van der Waals surface area contributed by atoms with Crippen molar-refractivity contribution >= 4 is 5.97 Å².